The van der Waals surface area contributed by atoms with Crippen LogP contribution in [0.2, 0.25) is 0 Å². The van der Waals surface area contributed by atoms with Gasteiger partial charge in [0, 0.05) is 6.04 Å². The number of rotatable bonds is 4. The van der Waals surface area contributed by atoms with Gasteiger partial charge >= 0.3 is 0 Å². The average molecular weight is 299 g/mol. The quantitative estimate of drug-likeness (QED) is 0.868. The van der Waals surface area contributed by atoms with E-state index < -0.39 is 34.8 Å². The van der Waals surface area contributed by atoms with E-state index in [2.05, 4.69) is 0 Å². The molecule has 0 aliphatic heterocycles. The van der Waals surface area contributed by atoms with E-state index in [1.165, 1.54) is 6.07 Å². The summed E-state index contributed by atoms with van der Waals surface area (Å²) in [5.41, 5.74) is 5.91. The molecule has 0 radical (unpaired) electrons. The third-order valence-corrected chi connectivity index (χ3v) is 2.74. The molecule has 0 saturated heterocycles. The molecule has 0 bridgehead atoms. The van der Waals surface area contributed by atoms with E-state index in [0.717, 1.165) is 24.3 Å². The lowest BCUT2D eigenvalue weighted by Crippen LogP contribution is -2.18. The summed E-state index contributed by atoms with van der Waals surface area (Å²) in [7, 11) is 0. The first kappa shape index (κ1) is 15.3. The highest BCUT2D eigenvalue weighted by molar-refractivity contribution is 5.37. The number of ether oxygens (including phenoxy) is 1. The predicted molar refractivity (Wildman–Crippen MR) is 70.1 cm³/mol. The van der Waals surface area contributed by atoms with E-state index in [1.54, 1.807) is 6.92 Å². The maximum absolute atomic E-state index is 13.9. The number of nitrogens with two attached hydrogens (primary N) is 1. The molecular formula is C15H13F4NO. The van der Waals surface area contributed by atoms with E-state index >= 15 is 0 Å². The van der Waals surface area contributed by atoms with Gasteiger partial charge in [-0.1, -0.05) is 6.07 Å². The molecule has 0 saturated carbocycles. The molecule has 2 N–H and O–H groups in total. The minimum atomic E-state index is -1.31. The Bertz CT molecular complexity index is 635. The highest BCUT2D eigenvalue weighted by atomic mass is 19.2. The molecule has 0 aliphatic carbocycles. The number of hydrogen-bond acceptors (Lipinski definition) is 2. The Morgan fingerprint density at radius 1 is 1.05 bits per heavy atom. The standard InChI is InChI=1S/C15H13F4NO/c1-8(20)5-9-6-11(17)15(12(18)7-9)21-13-4-2-3-10(16)14(13)19/h2-4,6-8H,5,20H2,1H3. The van der Waals surface area contributed by atoms with Gasteiger partial charge in [-0.3, -0.25) is 0 Å². The van der Waals surface area contributed by atoms with Gasteiger partial charge in [0.15, 0.2) is 29.0 Å². The van der Waals surface area contributed by atoms with Crippen molar-refractivity contribution in [3.8, 4) is 11.5 Å². The molecule has 112 valence electrons. The lowest BCUT2D eigenvalue weighted by molar-refractivity contribution is 0.375. The highest BCUT2D eigenvalue weighted by Crippen LogP contribution is 2.31. The highest BCUT2D eigenvalue weighted by Gasteiger charge is 2.17. The second-order valence-electron chi connectivity index (χ2n) is 4.72. The third kappa shape index (κ3) is 3.52. The molecule has 2 nitrogen and oxygen atoms in total. The molecule has 2 aromatic rings. The van der Waals surface area contributed by atoms with Crippen molar-refractivity contribution in [2.75, 3.05) is 0 Å². The van der Waals surface area contributed by atoms with Gasteiger partial charge in [0.1, 0.15) is 0 Å². The SMILES string of the molecule is CC(N)Cc1cc(F)c(Oc2cccc(F)c2F)c(F)c1. The van der Waals surface area contributed by atoms with Crippen LogP contribution in [0.1, 0.15) is 12.5 Å². The Morgan fingerprint density at radius 3 is 2.24 bits per heavy atom. The van der Waals surface area contributed by atoms with Crippen LogP contribution in [0.4, 0.5) is 17.6 Å². The van der Waals surface area contributed by atoms with Crippen molar-refractivity contribution >= 4 is 0 Å². The molecular weight excluding hydrogens is 286 g/mol. The molecule has 0 amide bonds. The van der Waals surface area contributed by atoms with Crippen LogP contribution in [0.3, 0.4) is 0 Å². The fraction of sp³-hybridized carbons (Fsp3) is 0.200. The summed E-state index contributed by atoms with van der Waals surface area (Å²) in [5, 5.41) is 0. The van der Waals surface area contributed by atoms with Gasteiger partial charge in [-0.15, -0.1) is 0 Å². The van der Waals surface area contributed by atoms with Gasteiger partial charge in [-0.2, -0.15) is 4.39 Å². The van der Waals surface area contributed by atoms with Crippen LogP contribution >= 0.6 is 0 Å². The normalized spacial score (nSPS) is 12.3. The second-order valence-corrected chi connectivity index (χ2v) is 4.72. The predicted octanol–water partition coefficient (Wildman–Crippen LogP) is 3.93. The van der Waals surface area contributed by atoms with Crippen molar-refractivity contribution in [1.82, 2.24) is 0 Å². The molecule has 6 heteroatoms. The second kappa shape index (κ2) is 6.13. The molecule has 2 rings (SSSR count). The maximum Gasteiger partial charge on any atom is 0.201 e. The van der Waals surface area contributed by atoms with Crippen LogP contribution in [0.25, 0.3) is 0 Å². The van der Waals surface area contributed by atoms with Gasteiger partial charge in [0.2, 0.25) is 5.82 Å². The van der Waals surface area contributed by atoms with Crippen LogP contribution in [0.5, 0.6) is 11.5 Å². The zero-order valence-electron chi connectivity index (χ0n) is 11.2. The van der Waals surface area contributed by atoms with E-state index in [-0.39, 0.29) is 12.5 Å². The summed E-state index contributed by atoms with van der Waals surface area (Å²) < 4.78 is 59.0. The van der Waals surface area contributed by atoms with Crippen LogP contribution in [0, 0.1) is 23.3 Å². The third-order valence-electron chi connectivity index (χ3n) is 2.74. The summed E-state index contributed by atoms with van der Waals surface area (Å²) in [6.45, 7) is 1.70. The van der Waals surface area contributed by atoms with Gasteiger partial charge in [-0.05, 0) is 43.2 Å². The largest absolute Gasteiger partial charge is 0.448 e. The van der Waals surface area contributed by atoms with Crippen LogP contribution in [-0.4, -0.2) is 6.04 Å². The maximum atomic E-state index is 13.9. The summed E-state index contributed by atoms with van der Waals surface area (Å²) in [6.07, 6.45) is 0.280. The van der Waals surface area contributed by atoms with Crippen LogP contribution < -0.4 is 10.5 Å². The molecule has 1 unspecified atom stereocenters. The summed E-state index contributed by atoms with van der Waals surface area (Å²) in [6, 6.07) is 4.97. The molecule has 21 heavy (non-hydrogen) atoms. The molecule has 1 atom stereocenters. The lowest BCUT2D eigenvalue weighted by atomic mass is 10.1. The Morgan fingerprint density at radius 2 is 1.67 bits per heavy atom. The Balaban J connectivity index is 2.34. The molecule has 0 aliphatic rings. The van der Waals surface area contributed by atoms with E-state index in [1.807, 2.05) is 0 Å². The van der Waals surface area contributed by atoms with Gasteiger partial charge < -0.3 is 10.5 Å². The first-order valence-corrected chi connectivity index (χ1v) is 6.24. The van der Waals surface area contributed by atoms with Crippen molar-refractivity contribution in [2.24, 2.45) is 5.73 Å². The van der Waals surface area contributed by atoms with Crippen LogP contribution in [-0.2, 0) is 6.42 Å². The smallest absolute Gasteiger partial charge is 0.201 e. The zero-order valence-corrected chi connectivity index (χ0v) is 11.2. The fourth-order valence-corrected chi connectivity index (χ4v) is 1.87. The van der Waals surface area contributed by atoms with Crippen molar-refractivity contribution < 1.29 is 22.3 Å². The minimum Gasteiger partial charge on any atom is -0.448 e. The average Bonchev–Trinajstić information content (AvgIpc) is 2.38. The zero-order chi connectivity index (χ0) is 15.6. The monoisotopic (exact) mass is 299 g/mol. The van der Waals surface area contributed by atoms with Crippen molar-refractivity contribution in [3.05, 3.63) is 59.2 Å². The molecule has 0 aromatic heterocycles. The number of hydrogen-bond donors (Lipinski definition) is 1. The summed E-state index contributed by atoms with van der Waals surface area (Å²) >= 11 is 0. The topological polar surface area (TPSA) is 35.2 Å². The summed E-state index contributed by atoms with van der Waals surface area (Å²) in [4.78, 5) is 0. The van der Waals surface area contributed by atoms with E-state index in [0.29, 0.717) is 5.56 Å². The fourth-order valence-electron chi connectivity index (χ4n) is 1.87. The first-order valence-electron chi connectivity index (χ1n) is 6.24. The Labute approximate surface area is 119 Å². The van der Waals surface area contributed by atoms with E-state index in [4.69, 9.17) is 10.5 Å². The van der Waals surface area contributed by atoms with Gasteiger partial charge in [0.25, 0.3) is 0 Å². The number of benzene rings is 2. The van der Waals surface area contributed by atoms with E-state index in [9.17, 15) is 17.6 Å². The minimum absolute atomic E-state index is 0.267. The van der Waals surface area contributed by atoms with Crippen molar-refractivity contribution in [3.63, 3.8) is 0 Å². The van der Waals surface area contributed by atoms with Crippen LogP contribution in [0.15, 0.2) is 30.3 Å². The molecule has 0 spiro atoms. The van der Waals surface area contributed by atoms with Gasteiger partial charge in [0.05, 0.1) is 0 Å². The molecule has 0 fully saturated rings. The molecule has 0 heterocycles. The Kier molecular flexibility index (Phi) is 4.47. The van der Waals surface area contributed by atoms with Crippen molar-refractivity contribution in [1.29, 1.82) is 0 Å². The summed E-state index contributed by atoms with van der Waals surface area (Å²) in [5.74, 6) is -5.86. The first-order chi connectivity index (χ1) is 9.88. The molecule has 2 aromatic carbocycles. The number of halogens is 4. The lowest BCUT2D eigenvalue weighted by Gasteiger charge is -2.11. The van der Waals surface area contributed by atoms with Gasteiger partial charge in [-0.25, -0.2) is 13.2 Å². The van der Waals surface area contributed by atoms with Crippen molar-refractivity contribution in [2.45, 2.75) is 19.4 Å². The Hall–Kier alpha value is -2.08.